The van der Waals surface area contributed by atoms with E-state index < -0.39 is 10.0 Å². The van der Waals surface area contributed by atoms with E-state index in [4.69, 9.17) is 11.6 Å². The first-order chi connectivity index (χ1) is 13.3. The van der Waals surface area contributed by atoms with Gasteiger partial charge in [0.2, 0.25) is 15.9 Å². The van der Waals surface area contributed by atoms with Gasteiger partial charge in [0.25, 0.3) is 0 Å². The minimum Gasteiger partial charge on any atom is -0.341 e. The van der Waals surface area contributed by atoms with E-state index in [-0.39, 0.29) is 23.8 Å². The van der Waals surface area contributed by atoms with Gasteiger partial charge in [-0.3, -0.25) is 4.79 Å². The molecule has 0 spiro atoms. The van der Waals surface area contributed by atoms with E-state index in [1.165, 1.54) is 5.56 Å². The maximum absolute atomic E-state index is 12.9. The predicted molar refractivity (Wildman–Crippen MR) is 111 cm³/mol. The molecule has 1 saturated carbocycles. The lowest BCUT2D eigenvalue weighted by atomic mass is 9.96. The van der Waals surface area contributed by atoms with Crippen molar-refractivity contribution >= 4 is 27.5 Å². The molecule has 5 nitrogen and oxygen atoms in total. The third kappa shape index (κ3) is 4.24. The third-order valence-corrected chi connectivity index (χ3v) is 6.52. The van der Waals surface area contributed by atoms with Gasteiger partial charge in [-0.15, -0.1) is 0 Å². The number of hydrogen-bond donors (Lipinski definition) is 1. The van der Waals surface area contributed by atoms with Crippen LogP contribution in [-0.2, 0) is 14.8 Å². The van der Waals surface area contributed by atoms with E-state index in [1.807, 2.05) is 36.4 Å². The van der Waals surface area contributed by atoms with Gasteiger partial charge in [0.05, 0.1) is 6.26 Å². The highest BCUT2D eigenvalue weighted by Crippen LogP contribution is 2.51. The Kier molecular flexibility index (Phi) is 5.21. The highest BCUT2D eigenvalue weighted by atomic mass is 35.5. The molecule has 1 heterocycles. The number of nitrogens with zero attached hydrogens (tertiary/aromatic N) is 1. The Morgan fingerprint density at radius 1 is 1.14 bits per heavy atom. The van der Waals surface area contributed by atoms with Gasteiger partial charge in [-0.25, -0.2) is 13.1 Å². The van der Waals surface area contributed by atoms with Crippen LogP contribution < -0.4 is 4.72 Å². The number of likely N-dealkylation sites (tertiary alicyclic amines) is 1. The average Bonchev–Trinajstić information content (AvgIpc) is 3.32. The zero-order valence-corrected chi connectivity index (χ0v) is 17.2. The molecule has 4 rings (SSSR count). The second-order valence-corrected chi connectivity index (χ2v) is 9.92. The average molecular weight is 419 g/mol. The summed E-state index contributed by atoms with van der Waals surface area (Å²) in [5, 5.41) is 0.701. The number of rotatable bonds is 5. The van der Waals surface area contributed by atoms with E-state index in [2.05, 4.69) is 16.9 Å². The number of halogens is 1. The molecule has 2 aromatic rings. The fourth-order valence-electron chi connectivity index (χ4n) is 4.12. The maximum Gasteiger partial charge on any atom is 0.226 e. The summed E-state index contributed by atoms with van der Waals surface area (Å²) in [6.07, 6.45) is 2.66. The van der Waals surface area contributed by atoms with E-state index in [9.17, 15) is 13.2 Å². The normalized spacial score (nSPS) is 24.4. The Bertz CT molecular complexity index is 991. The van der Waals surface area contributed by atoms with Crippen molar-refractivity contribution in [2.45, 2.75) is 24.8 Å². The van der Waals surface area contributed by atoms with Gasteiger partial charge in [0, 0.05) is 30.1 Å². The SMILES string of the molecule is CS(=O)(=O)N[C@@H]1CCN(C(=O)[C@@H]2C[C@H]2c2ccccc2-c2ccc(Cl)cc2)C1. The van der Waals surface area contributed by atoms with Crippen LogP contribution in [0.4, 0.5) is 0 Å². The molecule has 1 N–H and O–H groups in total. The van der Waals surface area contributed by atoms with Crippen LogP contribution in [0.2, 0.25) is 5.02 Å². The lowest BCUT2D eigenvalue weighted by Gasteiger charge is -2.17. The minimum absolute atomic E-state index is 0.0227. The predicted octanol–water partition coefficient (Wildman–Crippen LogP) is 3.26. The van der Waals surface area contributed by atoms with Crippen LogP contribution in [0.5, 0.6) is 0 Å². The van der Waals surface area contributed by atoms with Crippen molar-refractivity contribution in [2.75, 3.05) is 19.3 Å². The molecule has 28 heavy (non-hydrogen) atoms. The number of carbonyl (C=O) groups is 1. The van der Waals surface area contributed by atoms with Gasteiger partial charge < -0.3 is 4.90 Å². The van der Waals surface area contributed by atoms with Crippen molar-refractivity contribution in [3.05, 3.63) is 59.1 Å². The van der Waals surface area contributed by atoms with E-state index >= 15 is 0 Å². The number of benzene rings is 2. The van der Waals surface area contributed by atoms with Crippen LogP contribution in [0.15, 0.2) is 48.5 Å². The summed E-state index contributed by atoms with van der Waals surface area (Å²) >= 11 is 6.01. The fraction of sp³-hybridized carbons (Fsp3) is 0.381. The molecule has 1 aliphatic heterocycles. The first kappa shape index (κ1) is 19.4. The topological polar surface area (TPSA) is 66.5 Å². The maximum atomic E-state index is 12.9. The second kappa shape index (κ2) is 7.50. The zero-order valence-electron chi connectivity index (χ0n) is 15.6. The summed E-state index contributed by atoms with van der Waals surface area (Å²) in [7, 11) is -3.25. The van der Waals surface area contributed by atoms with Crippen molar-refractivity contribution in [1.82, 2.24) is 9.62 Å². The molecule has 7 heteroatoms. The van der Waals surface area contributed by atoms with Crippen LogP contribution >= 0.6 is 11.6 Å². The second-order valence-electron chi connectivity index (χ2n) is 7.70. The molecule has 2 aliphatic rings. The lowest BCUT2D eigenvalue weighted by molar-refractivity contribution is -0.131. The van der Waals surface area contributed by atoms with Crippen molar-refractivity contribution < 1.29 is 13.2 Å². The molecule has 2 fully saturated rings. The van der Waals surface area contributed by atoms with Crippen molar-refractivity contribution in [2.24, 2.45) is 5.92 Å². The summed E-state index contributed by atoms with van der Waals surface area (Å²) in [6, 6.07) is 15.8. The highest BCUT2D eigenvalue weighted by Gasteiger charge is 2.47. The van der Waals surface area contributed by atoms with Crippen molar-refractivity contribution in [3.8, 4) is 11.1 Å². The smallest absolute Gasteiger partial charge is 0.226 e. The van der Waals surface area contributed by atoms with Gasteiger partial charge in [0.15, 0.2) is 0 Å². The van der Waals surface area contributed by atoms with Crippen molar-refractivity contribution in [3.63, 3.8) is 0 Å². The molecular formula is C21H23ClN2O3S. The van der Waals surface area contributed by atoms with E-state index in [0.717, 1.165) is 23.8 Å². The number of carbonyl (C=O) groups excluding carboxylic acids is 1. The molecular weight excluding hydrogens is 396 g/mol. The van der Waals surface area contributed by atoms with Crippen LogP contribution in [0.3, 0.4) is 0 Å². The zero-order chi connectivity index (χ0) is 19.9. The molecule has 0 aromatic heterocycles. The molecule has 2 aromatic carbocycles. The molecule has 0 radical (unpaired) electrons. The van der Waals surface area contributed by atoms with Crippen LogP contribution in [0.1, 0.15) is 24.3 Å². The summed E-state index contributed by atoms with van der Waals surface area (Å²) in [5.41, 5.74) is 3.42. The number of sulfonamides is 1. The number of amides is 1. The Hall–Kier alpha value is -1.89. The number of nitrogens with one attached hydrogen (secondary N) is 1. The van der Waals surface area contributed by atoms with Crippen LogP contribution in [0.25, 0.3) is 11.1 Å². The Morgan fingerprint density at radius 2 is 1.86 bits per heavy atom. The molecule has 0 unspecified atom stereocenters. The molecule has 1 aliphatic carbocycles. The molecule has 1 saturated heterocycles. The fourth-order valence-corrected chi connectivity index (χ4v) is 5.04. The summed E-state index contributed by atoms with van der Waals surface area (Å²) in [6.45, 7) is 1.06. The van der Waals surface area contributed by atoms with Crippen molar-refractivity contribution in [1.29, 1.82) is 0 Å². The van der Waals surface area contributed by atoms with Crippen LogP contribution in [-0.4, -0.2) is 44.6 Å². The Morgan fingerprint density at radius 3 is 2.57 bits per heavy atom. The van der Waals surface area contributed by atoms with Gasteiger partial charge >= 0.3 is 0 Å². The summed E-state index contributed by atoms with van der Waals surface area (Å²) in [5.74, 6) is 0.320. The molecule has 148 valence electrons. The molecule has 1 amide bonds. The van der Waals surface area contributed by atoms with Gasteiger partial charge in [-0.2, -0.15) is 0 Å². The standard InChI is InChI=1S/C21H23ClN2O3S/c1-28(26,27)23-16-10-11-24(13-16)21(25)20-12-19(20)18-5-3-2-4-17(18)14-6-8-15(22)9-7-14/h2-9,16,19-20,23H,10-13H2,1H3/t16-,19+,20-/m1/s1. The van der Waals surface area contributed by atoms with Gasteiger partial charge in [-0.1, -0.05) is 48.0 Å². The highest BCUT2D eigenvalue weighted by molar-refractivity contribution is 7.88. The van der Waals surface area contributed by atoms with Gasteiger partial charge in [0.1, 0.15) is 0 Å². The van der Waals surface area contributed by atoms with Gasteiger partial charge in [-0.05, 0) is 47.6 Å². The Balaban J connectivity index is 1.46. The molecule has 0 bridgehead atoms. The summed E-state index contributed by atoms with van der Waals surface area (Å²) in [4.78, 5) is 14.7. The minimum atomic E-state index is -3.25. The largest absolute Gasteiger partial charge is 0.341 e. The van der Waals surface area contributed by atoms with Crippen LogP contribution in [0, 0.1) is 5.92 Å². The van der Waals surface area contributed by atoms with E-state index in [0.29, 0.717) is 24.5 Å². The summed E-state index contributed by atoms with van der Waals surface area (Å²) < 4.78 is 25.4. The van der Waals surface area contributed by atoms with E-state index in [1.54, 1.807) is 4.90 Å². The lowest BCUT2D eigenvalue weighted by Crippen LogP contribution is -2.38. The number of hydrogen-bond acceptors (Lipinski definition) is 3. The molecule has 3 atom stereocenters. The Labute approximate surface area is 170 Å². The quantitative estimate of drug-likeness (QED) is 0.810. The first-order valence-electron chi connectivity index (χ1n) is 9.43. The first-order valence-corrected chi connectivity index (χ1v) is 11.7. The monoisotopic (exact) mass is 418 g/mol. The third-order valence-electron chi connectivity index (χ3n) is 5.50.